The van der Waals surface area contributed by atoms with Crippen LogP contribution in [-0.4, -0.2) is 51.3 Å². The van der Waals surface area contributed by atoms with Crippen molar-refractivity contribution in [2.75, 3.05) is 46.4 Å². The standard InChI is InChI=1S/C14H28N2O/c1-17-12-14-6-8-16(11-14)9-7-15-10-13-4-2-3-5-13/h13-15H,2-12H2,1H3. The first kappa shape index (κ1) is 13.3. The SMILES string of the molecule is COCC1CCN(CCNCC2CCCC2)C1. The van der Waals surface area contributed by atoms with Gasteiger partial charge in [-0.05, 0) is 44.2 Å². The highest BCUT2D eigenvalue weighted by Crippen LogP contribution is 2.23. The summed E-state index contributed by atoms with van der Waals surface area (Å²) >= 11 is 0. The zero-order valence-electron chi connectivity index (χ0n) is 11.3. The van der Waals surface area contributed by atoms with E-state index in [4.69, 9.17) is 4.74 Å². The first-order chi connectivity index (χ1) is 8.38. The van der Waals surface area contributed by atoms with Crippen molar-refractivity contribution >= 4 is 0 Å². The Kier molecular flexibility index (Phi) is 5.75. The van der Waals surface area contributed by atoms with E-state index in [-0.39, 0.29) is 0 Å². The lowest BCUT2D eigenvalue weighted by Crippen LogP contribution is -2.32. The number of likely N-dealkylation sites (tertiary alicyclic amines) is 1. The van der Waals surface area contributed by atoms with Crippen molar-refractivity contribution in [1.82, 2.24) is 10.2 Å². The second-order valence-electron chi connectivity index (χ2n) is 5.77. The predicted octanol–water partition coefficient (Wildman–Crippen LogP) is 1.73. The van der Waals surface area contributed by atoms with Crippen LogP contribution in [0.4, 0.5) is 0 Å². The van der Waals surface area contributed by atoms with E-state index in [2.05, 4.69) is 10.2 Å². The monoisotopic (exact) mass is 240 g/mol. The molecule has 1 atom stereocenters. The van der Waals surface area contributed by atoms with E-state index in [1.54, 1.807) is 0 Å². The molecule has 1 aliphatic heterocycles. The summed E-state index contributed by atoms with van der Waals surface area (Å²) in [7, 11) is 1.81. The van der Waals surface area contributed by atoms with Crippen LogP contribution in [0.5, 0.6) is 0 Å². The third-order valence-electron chi connectivity index (χ3n) is 4.28. The lowest BCUT2D eigenvalue weighted by molar-refractivity contribution is 0.153. The average Bonchev–Trinajstić information content (AvgIpc) is 2.96. The Bertz CT molecular complexity index is 204. The highest BCUT2D eigenvalue weighted by atomic mass is 16.5. The fourth-order valence-electron chi connectivity index (χ4n) is 3.25. The van der Waals surface area contributed by atoms with Gasteiger partial charge in [-0.3, -0.25) is 0 Å². The molecule has 0 bridgehead atoms. The maximum Gasteiger partial charge on any atom is 0.0503 e. The number of nitrogens with one attached hydrogen (secondary N) is 1. The van der Waals surface area contributed by atoms with Crippen LogP contribution >= 0.6 is 0 Å². The fraction of sp³-hybridized carbons (Fsp3) is 1.00. The van der Waals surface area contributed by atoms with E-state index >= 15 is 0 Å². The van der Waals surface area contributed by atoms with Crippen LogP contribution in [0.3, 0.4) is 0 Å². The number of nitrogens with zero attached hydrogens (tertiary/aromatic N) is 1. The molecule has 17 heavy (non-hydrogen) atoms. The smallest absolute Gasteiger partial charge is 0.0503 e. The first-order valence-corrected chi connectivity index (χ1v) is 7.30. The topological polar surface area (TPSA) is 24.5 Å². The van der Waals surface area contributed by atoms with E-state index < -0.39 is 0 Å². The van der Waals surface area contributed by atoms with Crippen LogP contribution in [0.25, 0.3) is 0 Å². The zero-order chi connectivity index (χ0) is 11.9. The van der Waals surface area contributed by atoms with Crippen LogP contribution in [0.15, 0.2) is 0 Å². The van der Waals surface area contributed by atoms with Crippen molar-refractivity contribution in [1.29, 1.82) is 0 Å². The molecule has 0 aromatic heterocycles. The fourth-order valence-corrected chi connectivity index (χ4v) is 3.25. The van der Waals surface area contributed by atoms with Crippen molar-refractivity contribution in [3.8, 4) is 0 Å². The molecular formula is C14H28N2O. The molecule has 1 N–H and O–H groups in total. The summed E-state index contributed by atoms with van der Waals surface area (Å²) in [5, 5.41) is 3.63. The minimum Gasteiger partial charge on any atom is -0.384 e. The summed E-state index contributed by atoms with van der Waals surface area (Å²) < 4.78 is 5.22. The Labute approximate surface area is 106 Å². The lowest BCUT2D eigenvalue weighted by atomic mass is 10.1. The number of methoxy groups -OCH3 is 1. The average molecular weight is 240 g/mol. The second-order valence-corrected chi connectivity index (χ2v) is 5.77. The number of hydrogen-bond donors (Lipinski definition) is 1. The van der Waals surface area contributed by atoms with Gasteiger partial charge in [0.1, 0.15) is 0 Å². The number of hydrogen-bond acceptors (Lipinski definition) is 3. The summed E-state index contributed by atoms with van der Waals surface area (Å²) in [6.07, 6.45) is 7.13. The van der Waals surface area contributed by atoms with Crippen molar-refractivity contribution in [2.24, 2.45) is 11.8 Å². The molecule has 0 radical (unpaired) electrons. The van der Waals surface area contributed by atoms with Gasteiger partial charge < -0.3 is 15.0 Å². The zero-order valence-corrected chi connectivity index (χ0v) is 11.3. The van der Waals surface area contributed by atoms with Gasteiger partial charge in [-0.2, -0.15) is 0 Å². The van der Waals surface area contributed by atoms with Gasteiger partial charge >= 0.3 is 0 Å². The van der Waals surface area contributed by atoms with Gasteiger partial charge in [0.2, 0.25) is 0 Å². The highest BCUT2D eigenvalue weighted by molar-refractivity contribution is 4.76. The molecule has 0 aromatic rings. The Hall–Kier alpha value is -0.120. The molecule has 0 spiro atoms. The van der Waals surface area contributed by atoms with Gasteiger partial charge in [-0.1, -0.05) is 12.8 Å². The lowest BCUT2D eigenvalue weighted by Gasteiger charge is -2.17. The summed E-state index contributed by atoms with van der Waals surface area (Å²) in [6.45, 7) is 7.06. The molecule has 0 amide bonds. The largest absolute Gasteiger partial charge is 0.384 e. The maximum absolute atomic E-state index is 5.22. The van der Waals surface area contributed by atoms with Gasteiger partial charge in [-0.15, -0.1) is 0 Å². The molecular weight excluding hydrogens is 212 g/mol. The molecule has 1 unspecified atom stereocenters. The summed E-state index contributed by atoms with van der Waals surface area (Å²) in [6, 6.07) is 0. The van der Waals surface area contributed by atoms with Crippen LogP contribution < -0.4 is 5.32 Å². The van der Waals surface area contributed by atoms with Crippen LogP contribution in [0.1, 0.15) is 32.1 Å². The Morgan fingerprint density at radius 1 is 1.18 bits per heavy atom. The third-order valence-corrected chi connectivity index (χ3v) is 4.28. The second kappa shape index (κ2) is 7.34. The van der Waals surface area contributed by atoms with Gasteiger partial charge in [0.15, 0.2) is 0 Å². The van der Waals surface area contributed by atoms with Crippen molar-refractivity contribution in [2.45, 2.75) is 32.1 Å². The molecule has 2 fully saturated rings. The van der Waals surface area contributed by atoms with Gasteiger partial charge in [0.25, 0.3) is 0 Å². The van der Waals surface area contributed by atoms with Crippen molar-refractivity contribution in [3.05, 3.63) is 0 Å². The predicted molar refractivity (Wildman–Crippen MR) is 71.3 cm³/mol. The summed E-state index contributed by atoms with van der Waals surface area (Å²) in [5.74, 6) is 1.74. The molecule has 3 nitrogen and oxygen atoms in total. The van der Waals surface area contributed by atoms with Crippen LogP contribution in [-0.2, 0) is 4.74 Å². The highest BCUT2D eigenvalue weighted by Gasteiger charge is 2.21. The van der Waals surface area contributed by atoms with E-state index in [9.17, 15) is 0 Å². The molecule has 0 aromatic carbocycles. The van der Waals surface area contributed by atoms with Crippen molar-refractivity contribution in [3.63, 3.8) is 0 Å². The van der Waals surface area contributed by atoms with Gasteiger partial charge in [0.05, 0.1) is 6.61 Å². The van der Waals surface area contributed by atoms with E-state index in [0.29, 0.717) is 0 Å². The first-order valence-electron chi connectivity index (χ1n) is 7.30. The molecule has 100 valence electrons. The molecule has 1 saturated heterocycles. The minimum absolute atomic E-state index is 0.773. The van der Waals surface area contributed by atoms with Crippen LogP contribution in [0.2, 0.25) is 0 Å². The maximum atomic E-state index is 5.22. The minimum atomic E-state index is 0.773. The van der Waals surface area contributed by atoms with Gasteiger partial charge in [-0.25, -0.2) is 0 Å². The Balaban J connectivity index is 1.48. The molecule has 1 aliphatic carbocycles. The summed E-state index contributed by atoms with van der Waals surface area (Å²) in [5.41, 5.74) is 0. The molecule has 1 heterocycles. The van der Waals surface area contributed by atoms with Gasteiger partial charge in [0, 0.05) is 26.7 Å². The Morgan fingerprint density at radius 3 is 2.76 bits per heavy atom. The molecule has 3 heteroatoms. The molecule has 2 rings (SSSR count). The molecule has 1 saturated carbocycles. The van der Waals surface area contributed by atoms with E-state index in [1.165, 1.54) is 58.3 Å². The molecule has 2 aliphatic rings. The number of rotatable bonds is 7. The van der Waals surface area contributed by atoms with Crippen LogP contribution in [0, 0.1) is 11.8 Å². The summed E-state index contributed by atoms with van der Waals surface area (Å²) in [4.78, 5) is 2.57. The normalized spacial score (nSPS) is 27.0. The van der Waals surface area contributed by atoms with Crippen molar-refractivity contribution < 1.29 is 4.74 Å². The Morgan fingerprint density at radius 2 is 2.00 bits per heavy atom. The third kappa shape index (κ3) is 4.57. The van der Waals surface area contributed by atoms with E-state index in [1.807, 2.05) is 7.11 Å². The quantitative estimate of drug-likeness (QED) is 0.686. The van der Waals surface area contributed by atoms with E-state index in [0.717, 1.165) is 25.0 Å². The number of ether oxygens (including phenoxy) is 1.